The van der Waals surface area contributed by atoms with Gasteiger partial charge in [-0.15, -0.1) is 0 Å². The van der Waals surface area contributed by atoms with Crippen molar-refractivity contribution in [2.45, 2.75) is 52.4 Å². The molecule has 0 fully saturated rings. The van der Waals surface area contributed by atoms with Gasteiger partial charge in [0.15, 0.2) is 0 Å². The normalized spacial score (nSPS) is 11.8. The van der Waals surface area contributed by atoms with E-state index in [2.05, 4.69) is 10.6 Å². The largest absolute Gasteiger partial charge is 0.465 e. The van der Waals surface area contributed by atoms with Crippen molar-refractivity contribution in [3.8, 4) is 0 Å². The van der Waals surface area contributed by atoms with Gasteiger partial charge in [0.1, 0.15) is 17.5 Å². The number of alkyl carbamates (subject to hydrolysis) is 1. The number of carbonyl (C=O) groups is 3. The minimum Gasteiger partial charge on any atom is -0.465 e. The van der Waals surface area contributed by atoms with Gasteiger partial charge in [-0.3, -0.25) is 15.1 Å². The van der Waals surface area contributed by atoms with Gasteiger partial charge in [-0.1, -0.05) is 54.6 Å². The maximum absolute atomic E-state index is 12.2. The summed E-state index contributed by atoms with van der Waals surface area (Å²) in [4.78, 5) is 36.7. The molecule has 0 aromatic heterocycles. The van der Waals surface area contributed by atoms with E-state index in [-0.39, 0.29) is 24.8 Å². The molecule has 0 spiro atoms. The Morgan fingerprint density at radius 2 is 1.64 bits per heavy atom. The van der Waals surface area contributed by atoms with E-state index in [9.17, 15) is 19.5 Å². The number of hydrogen-bond acceptors (Lipinski definition) is 5. The Bertz CT molecular complexity index is 984. The minimum atomic E-state index is -1.22. The first-order valence-corrected chi connectivity index (χ1v) is 10.5. The number of rotatable bonds is 7. The zero-order chi connectivity index (χ0) is 24.6. The fraction of sp³-hybridized carbons (Fsp3) is 0.333. The fourth-order valence-electron chi connectivity index (χ4n) is 2.84. The van der Waals surface area contributed by atoms with Crippen LogP contribution in [0.1, 0.15) is 44.4 Å². The van der Waals surface area contributed by atoms with E-state index in [4.69, 9.17) is 10.1 Å². The summed E-state index contributed by atoms with van der Waals surface area (Å²) >= 11 is 0. The lowest BCUT2D eigenvalue weighted by Crippen LogP contribution is -2.46. The van der Waals surface area contributed by atoms with Crippen molar-refractivity contribution in [2.75, 3.05) is 0 Å². The number of carboxylic acid groups (broad SMARTS) is 1. The molecule has 4 N–H and O–H groups in total. The van der Waals surface area contributed by atoms with Crippen molar-refractivity contribution in [3.63, 3.8) is 0 Å². The average molecular weight is 455 g/mol. The Morgan fingerprint density at radius 1 is 1.03 bits per heavy atom. The van der Waals surface area contributed by atoms with Crippen LogP contribution in [0, 0.1) is 5.41 Å². The summed E-state index contributed by atoms with van der Waals surface area (Å²) in [5.41, 5.74) is 1.31. The number of ether oxygens (including phenoxy) is 1. The number of nitrogens with one attached hydrogen (secondary N) is 3. The lowest BCUT2D eigenvalue weighted by molar-refractivity contribution is -0.122. The predicted octanol–water partition coefficient (Wildman–Crippen LogP) is 3.72. The Labute approximate surface area is 193 Å². The molecule has 0 aliphatic heterocycles. The van der Waals surface area contributed by atoms with Crippen LogP contribution < -0.4 is 10.6 Å². The molecule has 33 heavy (non-hydrogen) atoms. The van der Waals surface area contributed by atoms with Crippen molar-refractivity contribution in [2.24, 2.45) is 0 Å². The zero-order valence-electron chi connectivity index (χ0n) is 19.2. The number of amidine groups is 1. The van der Waals surface area contributed by atoms with Crippen molar-refractivity contribution >= 4 is 23.9 Å². The summed E-state index contributed by atoms with van der Waals surface area (Å²) in [6.07, 6.45) is -1.89. The average Bonchev–Trinajstić information content (AvgIpc) is 2.74. The molecular formula is C24H30N4O5. The van der Waals surface area contributed by atoms with Gasteiger partial charge in [-0.2, -0.15) is 0 Å². The van der Waals surface area contributed by atoms with Gasteiger partial charge < -0.3 is 20.5 Å². The molecule has 3 amide bonds. The zero-order valence-corrected chi connectivity index (χ0v) is 19.2. The van der Waals surface area contributed by atoms with Crippen LogP contribution in [0.5, 0.6) is 0 Å². The molecule has 0 bridgehead atoms. The molecule has 0 aliphatic carbocycles. The molecule has 0 radical (unpaired) electrons. The molecule has 0 aliphatic rings. The molecule has 176 valence electrons. The van der Waals surface area contributed by atoms with Gasteiger partial charge in [0.05, 0.1) is 6.54 Å². The number of nitrogens with zero attached hydrogens (tertiary/aromatic N) is 1. The highest BCUT2D eigenvalue weighted by Gasteiger charge is 2.21. The first kappa shape index (κ1) is 25.4. The molecule has 9 heteroatoms. The van der Waals surface area contributed by atoms with Gasteiger partial charge in [-0.05, 0) is 38.8 Å². The van der Waals surface area contributed by atoms with Crippen LogP contribution >= 0.6 is 0 Å². The highest BCUT2D eigenvalue weighted by molar-refractivity contribution is 6.04. The van der Waals surface area contributed by atoms with E-state index in [0.717, 1.165) is 16.0 Å². The van der Waals surface area contributed by atoms with Crippen LogP contribution in [0.4, 0.5) is 9.59 Å². The van der Waals surface area contributed by atoms with Gasteiger partial charge in [0, 0.05) is 12.1 Å². The van der Waals surface area contributed by atoms with Crippen LogP contribution in [0.15, 0.2) is 54.6 Å². The highest BCUT2D eigenvalue weighted by atomic mass is 16.6. The van der Waals surface area contributed by atoms with E-state index in [1.807, 2.05) is 18.2 Å². The van der Waals surface area contributed by atoms with Gasteiger partial charge in [-0.25, -0.2) is 9.59 Å². The monoisotopic (exact) mass is 454 g/mol. The first-order chi connectivity index (χ1) is 15.5. The summed E-state index contributed by atoms with van der Waals surface area (Å²) in [5.74, 6) is -0.519. The molecular weight excluding hydrogens is 424 g/mol. The standard InChI is InChI=1S/C24H30N4O5/c1-16(27-22(30)33-24(2,3)4)21(29)26-14-17-10-12-19(13-11-17)20(25)28(23(31)32)15-18-8-6-5-7-9-18/h5-13,16,25H,14-15H2,1-4H3,(H,26,29)(H,27,30)(H,31,32)/t16-/m0/s1. The molecule has 0 saturated heterocycles. The second kappa shape index (κ2) is 11.1. The van der Waals surface area contributed by atoms with E-state index in [1.54, 1.807) is 64.1 Å². The van der Waals surface area contributed by atoms with Crippen molar-refractivity contribution in [1.29, 1.82) is 5.41 Å². The smallest absolute Gasteiger partial charge is 0.413 e. The van der Waals surface area contributed by atoms with E-state index >= 15 is 0 Å². The SMILES string of the molecule is C[C@H](NC(=O)OC(C)(C)C)C(=O)NCc1ccc(C(=N)N(Cc2ccccc2)C(=O)O)cc1. The summed E-state index contributed by atoms with van der Waals surface area (Å²) in [6.45, 7) is 7.03. The Morgan fingerprint density at radius 3 is 2.18 bits per heavy atom. The van der Waals surface area contributed by atoms with E-state index in [1.165, 1.54) is 0 Å². The van der Waals surface area contributed by atoms with E-state index in [0.29, 0.717) is 5.56 Å². The fourth-order valence-corrected chi connectivity index (χ4v) is 2.84. The number of carbonyl (C=O) groups excluding carboxylic acids is 2. The first-order valence-electron chi connectivity index (χ1n) is 10.5. The summed E-state index contributed by atoms with van der Waals surface area (Å²) in [5, 5.41) is 23.1. The lowest BCUT2D eigenvalue weighted by Gasteiger charge is -2.21. The third-order valence-electron chi connectivity index (χ3n) is 4.50. The molecule has 2 aromatic rings. The quantitative estimate of drug-likeness (QED) is 0.374. The van der Waals surface area contributed by atoms with Crippen molar-refractivity contribution < 1.29 is 24.2 Å². The predicted molar refractivity (Wildman–Crippen MR) is 124 cm³/mol. The lowest BCUT2D eigenvalue weighted by atomic mass is 10.1. The van der Waals surface area contributed by atoms with Crippen LogP contribution in [0.2, 0.25) is 0 Å². The van der Waals surface area contributed by atoms with E-state index < -0.39 is 23.8 Å². The van der Waals surface area contributed by atoms with Crippen LogP contribution in [0.25, 0.3) is 0 Å². The van der Waals surface area contributed by atoms with Gasteiger partial charge >= 0.3 is 12.2 Å². The molecule has 2 rings (SSSR count). The van der Waals surface area contributed by atoms with Crippen molar-refractivity contribution in [1.82, 2.24) is 15.5 Å². The third kappa shape index (κ3) is 8.29. The minimum absolute atomic E-state index is 0.0648. The number of benzene rings is 2. The molecule has 9 nitrogen and oxygen atoms in total. The maximum atomic E-state index is 12.2. The highest BCUT2D eigenvalue weighted by Crippen LogP contribution is 2.12. The van der Waals surface area contributed by atoms with Crippen LogP contribution in [0.3, 0.4) is 0 Å². The van der Waals surface area contributed by atoms with Gasteiger partial charge in [0.25, 0.3) is 0 Å². The van der Waals surface area contributed by atoms with Crippen LogP contribution in [-0.2, 0) is 22.6 Å². The second-order valence-corrected chi connectivity index (χ2v) is 8.49. The second-order valence-electron chi connectivity index (χ2n) is 8.49. The molecule has 0 saturated carbocycles. The summed E-state index contributed by atoms with van der Waals surface area (Å²) in [6, 6.07) is 15.0. The summed E-state index contributed by atoms with van der Waals surface area (Å²) in [7, 11) is 0. The van der Waals surface area contributed by atoms with Crippen LogP contribution in [-0.4, -0.2) is 45.6 Å². The summed E-state index contributed by atoms with van der Waals surface area (Å²) < 4.78 is 5.13. The number of hydrogen-bond donors (Lipinski definition) is 4. The Hall–Kier alpha value is -3.88. The third-order valence-corrected chi connectivity index (χ3v) is 4.50. The molecule has 2 aromatic carbocycles. The van der Waals surface area contributed by atoms with Crippen molar-refractivity contribution in [3.05, 3.63) is 71.3 Å². The topological polar surface area (TPSA) is 132 Å². The molecule has 0 unspecified atom stereocenters. The molecule has 0 heterocycles. The molecule has 1 atom stereocenters. The Kier molecular flexibility index (Phi) is 8.56. The maximum Gasteiger partial charge on any atom is 0.413 e. The number of amides is 3. The Balaban J connectivity index is 1.93. The van der Waals surface area contributed by atoms with Gasteiger partial charge in [0.2, 0.25) is 5.91 Å².